The Bertz CT molecular complexity index is 225. The lowest BCUT2D eigenvalue weighted by atomic mass is 9.85. The van der Waals surface area contributed by atoms with E-state index in [1.54, 1.807) is 0 Å². The van der Waals surface area contributed by atoms with E-state index in [-0.39, 0.29) is 0 Å². The highest BCUT2D eigenvalue weighted by Crippen LogP contribution is 2.31. The fraction of sp³-hybridized carbons (Fsp3) is 1.00. The van der Waals surface area contributed by atoms with Gasteiger partial charge in [-0.2, -0.15) is 0 Å². The number of rotatable bonds is 1. The van der Waals surface area contributed by atoms with Gasteiger partial charge in [0.2, 0.25) is 0 Å². The minimum Gasteiger partial charge on any atom is -0.315 e. The van der Waals surface area contributed by atoms with Crippen LogP contribution in [0.2, 0.25) is 0 Å². The van der Waals surface area contributed by atoms with Crippen LogP contribution in [0, 0.1) is 11.3 Å². The molecule has 2 heteroatoms. The van der Waals surface area contributed by atoms with Gasteiger partial charge in [0, 0.05) is 12.6 Å². The molecule has 0 amide bonds. The predicted molar refractivity (Wildman–Crippen MR) is 69.6 cm³/mol. The maximum absolute atomic E-state index is 3.58. The molecule has 0 saturated carbocycles. The van der Waals surface area contributed by atoms with Crippen LogP contribution in [0.5, 0.6) is 0 Å². The molecular weight excluding hydrogens is 196 g/mol. The lowest BCUT2D eigenvalue weighted by Gasteiger charge is -2.36. The van der Waals surface area contributed by atoms with Crippen LogP contribution in [-0.2, 0) is 0 Å². The first-order valence-electron chi connectivity index (χ1n) is 7.02. The zero-order valence-corrected chi connectivity index (χ0v) is 11.3. The lowest BCUT2D eigenvalue weighted by Crippen LogP contribution is -2.49. The van der Waals surface area contributed by atoms with Crippen molar-refractivity contribution in [3.8, 4) is 0 Å². The summed E-state index contributed by atoms with van der Waals surface area (Å²) in [5.74, 6) is 0.856. The largest absolute Gasteiger partial charge is 0.315 e. The molecule has 2 nitrogen and oxygen atoms in total. The molecule has 0 radical (unpaired) electrons. The highest BCUT2D eigenvalue weighted by molar-refractivity contribution is 4.85. The Hall–Kier alpha value is -0.0800. The molecule has 2 atom stereocenters. The van der Waals surface area contributed by atoms with Crippen LogP contribution in [0.15, 0.2) is 0 Å². The molecule has 0 aliphatic carbocycles. The van der Waals surface area contributed by atoms with Crippen molar-refractivity contribution in [3.63, 3.8) is 0 Å². The molecular formula is C14H28N2. The number of hydrogen-bond acceptors (Lipinski definition) is 2. The van der Waals surface area contributed by atoms with Crippen LogP contribution in [-0.4, -0.2) is 37.1 Å². The topological polar surface area (TPSA) is 15.3 Å². The summed E-state index contributed by atoms with van der Waals surface area (Å²) >= 11 is 0. The molecule has 0 spiro atoms. The minimum atomic E-state index is 0.572. The van der Waals surface area contributed by atoms with Crippen molar-refractivity contribution in [2.75, 3.05) is 26.2 Å². The molecule has 0 aromatic rings. The summed E-state index contributed by atoms with van der Waals surface area (Å²) in [5, 5.41) is 3.58. The number of nitrogens with one attached hydrogen (secondary N) is 1. The monoisotopic (exact) mass is 224 g/mol. The molecule has 0 aromatic carbocycles. The quantitative estimate of drug-likeness (QED) is 0.736. The molecule has 2 saturated heterocycles. The fourth-order valence-corrected chi connectivity index (χ4v) is 3.21. The highest BCUT2D eigenvalue weighted by Gasteiger charge is 2.29. The van der Waals surface area contributed by atoms with Crippen LogP contribution in [0.3, 0.4) is 0 Å². The van der Waals surface area contributed by atoms with Gasteiger partial charge < -0.3 is 5.32 Å². The van der Waals surface area contributed by atoms with Gasteiger partial charge in [-0.1, -0.05) is 20.8 Å². The van der Waals surface area contributed by atoms with Crippen LogP contribution in [0.25, 0.3) is 0 Å². The van der Waals surface area contributed by atoms with E-state index < -0.39 is 0 Å². The molecule has 2 rings (SSSR count). The second-order valence-corrected chi connectivity index (χ2v) is 6.71. The number of piperidine rings is 1. The second-order valence-electron chi connectivity index (χ2n) is 6.71. The first-order valence-corrected chi connectivity index (χ1v) is 7.02. The van der Waals surface area contributed by atoms with E-state index in [1.807, 2.05) is 0 Å². The summed E-state index contributed by atoms with van der Waals surface area (Å²) in [4.78, 5) is 2.75. The van der Waals surface area contributed by atoms with Gasteiger partial charge in [-0.15, -0.1) is 0 Å². The standard InChI is InChI=1S/C14H28N2/c1-12-9-13(11-15-10-12)16-7-4-5-14(2,3)6-8-16/h12-13,15H,4-11H2,1-3H3. The maximum atomic E-state index is 3.58. The van der Waals surface area contributed by atoms with Gasteiger partial charge in [0.25, 0.3) is 0 Å². The first-order chi connectivity index (χ1) is 7.57. The average Bonchev–Trinajstić information content (AvgIpc) is 2.39. The van der Waals surface area contributed by atoms with Crippen molar-refractivity contribution in [2.24, 2.45) is 11.3 Å². The predicted octanol–water partition coefficient (Wildman–Crippen LogP) is 2.50. The molecule has 2 unspecified atom stereocenters. The van der Waals surface area contributed by atoms with Crippen molar-refractivity contribution >= 4 is 0 Å². The third-order valence-corrected chi connectivity index (χ3v) is 4.44. The van der Waals surface area contributed by atoms with Gasteiger partial charge in [-0.3, -0.25) is 4.90 Å². The number of likely N-dealkylation sites (tertiary alicyclic amines) is 1. The van der Waals surface area contributed by atoms with E-state index in [1.165, 1.54) is 51.9 Å². The fourth-order valence-electron chi connectivity index (χ4n) is 3.21. The molecule has 2 aliphatic heterocycles. The van der Waals surface area contributed by atoms with E-state index in [9.17, 15) is 0 Å². The van der Waals surface area contributed by atoms with Crippen molar-refractivity contribution < 1.29 is 0 Å². The zero-order chi connectivity index (χ0) is 11.6. The number of nitrogens with zero attached hydrogens (tertiary/aromatic N) is 1. The van der Waals surface area contributed by atoms with Crippen LogP contribution in [0.1, 0.15) is 46.5 Å². The van der Waals surface area contributed by atoms with Crippen molar-refractivity contribution in [1.29, 1.82) is 0 Å². The third-order valence-electron chi connectivity index (χ3n) is 4.44. The normalized spacial score (nSPS) is 36.9. The van der Waals surface area contributed by atoms with Crippen LogP contribution < -0.4 is 5.32 Å². The summed E-state index contributed by atoms with van der Waals surface area (Å²) in [5.41, 5.74) is 0.572. The maximum Gasteiger partial charge on any atom is 0.0223 e. The average molecular weight is 224 g/mol. The van der Waals surface area contributed by atoms with Gasteiger partial charge in [-0.25, -0.2) is 0 Å². The van der Waals surface area contributed by atoms with Crippen molar-refractivity contribution in [3.05, 3.63) is 0 Å². The molecule has 94 valence electrons. The SMILES string of the molecule is CC1CNCC(N2CCCC(C)(C)CC2)C1. The van der Waals surface area contributed by atoms with Gasteiger partial charge in [0.15, 0.2) is 0 Å². The Morgan fingerprint density at radius 3 is 2.69 bits per heavy atom. The van der Waals surface area contributed by atoms with Gasteiger partial charge in [-0.05, 0) is 56.7 Å². The van der Waals surface area contributed by atoms with E-state index >= 15 is 0 Å². The highest BCUT2D eigenvalue weighted by atomic mass is 15.2. The first kappa shape index (κ1) is 12.4. The Labute approximate surface area is 101 Å². The summed E-state index contributed by atoms with van der Waals surface area (Å²) in [6.07, 6.45) is 5.56. The summed E-state index contributed by atoms with van der Waals surface area (Å²) < 4.78 is 0. The van der Waals surface area contributed by atoms with Gasteiger partial charge in [0.05, 0.1) is 0 Å². The zero-order valence-electron chi connectivity index (χ0n) is 11.3. The molecule has 0 aromatic heterocycles. The Kier molecular flexibility index (Phi) is 3.91. The third kappa shape index (κ3) is 3.21. The van der Waals surface area contributed by atoms with E-state index in [2.05, 4.69) is 31.0 Å². The molecule has 0 bridgehead atoms. The Morgan fingerprint density at radius 2 is 1.94 bits per heavy atom. The van der Waals surface area contributed by atoms with Gasteiger partial charge >= 0.3 is 0 Å². The van der Waals surface area contributed by atoms with E-state index in [4.69, 9.17) is 0 Å². The molecule has 2 aliphatic rings. The summed E-state index contributed by atoms with van der Waals surface area (Å²) in [6.45, 7) is 12.3. The number of hydrogen-bond donors (Lipinski definition) is 1. The van der Waals surface area contributed by atoms with Gasteiger partial charge in [0.1, 0.15) is 0 Å². The summed E-state index contributed by atoms with van der Waals surface area (Å²) in [6, 6.07) is 0.803. The minimum absolute atomic E-state index is 0.572. The Balaban J connectivity index is 1.89. The molecule has 2 fully saturated rings. The van der Waals surface area contributed by atoms with E-state index in [0.717, 1.165) is 12.0 Å². The van der Waals surface area contributed by atoms with Crippen molar-refractivity contribution in [1.82, 2.24) is 10.2 Å². The van der Waals surface area contributed by atoms with E-state index in [0.29, 0.717) is 5.41 Å². The second kappa shape index (κ2) is 5.05. The molecule has 2 heterocycles. The lowest BCUT2D eigenvalue weighted by molar-refractivity contribution is 0.145. The van der Waals surface area contributed by atoms with Crippen LogP contribution in [0.4, 0.5) is 0 Å². The molecule has 16 heavy (non-hydrogen) atoms. The van der Waals surface area contributed by atoms with Crippen molar-refractivity contribution in [2.45, 2.75) is 52.5 Å². The molecule has 1 N–H and O–H groups in total. The van der Waals surface area contributed by atoms with Crippen LogP contribution >= 0.6 is 0 Å². The Morgan fingerprint density at radius 1 is 1.12 bits per heavy atom. The summed E-state index contributed by atoms with van der Waals surface area (Å²) in [7, 11) is 0. The smallest absolute Gasteiger partial charge is 0.0223 e.